The molecule has 3 heterocycles. The molecule has 1 aromatic heterocycles. The van der Waals surface area contributed by atoms with Crippen LogP contribution in [0.25, 0.3) is 0 Å². The van der Waals surface area contributed by atoms with Crippen LogP contribution in [0.2, 0.25) is 0 Å². The SMILES string of the molecule is CC(=O)N1CCN(C(=O)C(=O)NC[C@H](c2ccco2)N2CCc3ccccc32)CC1. The smallest absolute Gasteiger partial charge is 0.312 e. The fourth-order valence-electron chi connectivity index (χ4n) is 4.17. The molecule has 0 spiro atoms. The van der Waals surface area contributed by atoms with Crippen LogP contribution in [-0.2, 0) is 20.8 Å². The second kappa shape index (κ2) is 8.61. The van der Waals surface area contributed by atoms with Crippen LogP contribution < -0.4 is 10.2 Å². The number of para-hydroxylation sites is 1. The van der Waals surface area contributed by atoms with Crippen LogP contribution in [0.1, 0.15) is 24.3 Å². The lowest BCUT2D eigenvalue weighted by Gasteiger charge is -2.34. The Balaban J connectivity index is 1.40. The molecule has 0 saturated carbocycles. The van der Waals surface area contributed by atoms with E-state index < -0.39 is 11.8 Å². The van der Waals surface area contributed by atoms with E-state index in [1.807, 2.05) is 24.3 Å². The molecular weight excluding hydrogens is 384 g/mol. The van der Waals surface area contributed by atoms with Crippen LogP contribution in [-0.4, -0.2) is 66.8 Å². The highest BCUT2D eigenvalue weighted by atomic mass is 16.3. The lowest BCUT2D eigenvalue weighted by molar-refractivity contribution is -0.148. The summed E-state index contributed by atoms with van der Waals surface area (Å²) in [5, 5.41) is 2.80. The van der Waals surface area contributed by atoms with Gasteiger partial charge < -0.3 is 24.4 Å². The summed E-state index contributed by atoms with van der Waals surface area (Å²) in [5.41, 5.74) is 2.39. The van der Waals surface area contributed by atoms with Crippen LogP contribution in [0.5, 0.6) is 0 Å². The van der Waals surface area contributed by atoms with Gasteiger partial charge in [-0.3, -0.25) is 14.4 Å². The van der Waals surface area contributed by atoms with Crippen LogP contribution in [0.4, 0.5) is 5.69 Å². The number of fused-ring (bicyclic) bond motifs is 1. The highest BCUT2D eigenvalue weighted by Crippen LogP contribution is 2.34. The standard InChI is InChI=1S/C22H26N4O4/c1-16(27)24-10-12-25(13-11-24)22(29)21(28)23-15-19(20-7-4-14-30-20)26-9-8-17-5-2-3-6-18(17)26/h2-7,14,19H,8-13,15H2,1H3,(H,23,28)/t19-/m1/s1. The first-order chi connectivity index (χ1) is 14.5. The molecule has 1 saturated heterocycles. The second-order valence-corrected chi connectivity index (χ2v) is 7.61. The normalized spacial score (nSPS) is 16.9. The summed E-state index contributed by atoms with van der Waals surface area (Å²) in [7, 11) is 0. The van der Waals surface area contributed by atoms with Gasteiger partial charge in [-0.05, 0) is 30.2 Å². The minimum absolute atomic E-state index is 0.0151. The third-order valence-electron chi connectivity index (χ3n) is 5.83. The lowest BCUT2D eigenvalue weighted by Crippen LogP contribution is -2.54. The van der Waals surface area contributed by atoms with E-state index in [1.165, 1.54) is 17.4 Å². The third-order valence-corrected chi connectivity index (χ3v) is 5.83. The molecule has 158 valence electrons. The van der Waals surface area contributed by atoms with Gasteiger partial charge in [-0.25, -0.2) is 0 Å². The van der Waals surface area contributed by atoms with Crippen molar-refractivity contribution < 1.29 is 18.8 Å². The van der Waals surface area contributed by atoms with Crippen molar-refractivity contribution >= 4 is 23.4 Å². The zero-order chi connectivity index (χ0) is 21.1. The van der Waals surface area contributed by atoms with Crippen molar-refractivity contribution in [3.05, 3.63) is 54.0 Å². The maximum atomic E-state index is 12.6. The molecule has 1 fully saturated rings. The maximum absolute atomic E-state index is 12.6. The summed E-state index contributed by atoms with van der Waals surface area (Å²) in [4.78, 5) is 42.0. The number of hydrogen-bond acceptors (Lipinski definition) is 5. The maximum Gasteiger partial charge on any atom is 0.312 e. The van der Waals surface area contributed by atoms with Crippen molar-refractivity contribution in [1.29, 1.82) is 0 Å². The topological polar surface area (TPSA) is 86.1 Å². The number of rotatable bonds is 4. The monoisotopic (exact) mass is 410 g/mol. The first-order valence-corrected chi connectivity index (χ1v) is 10.2. The number of piperazine rings is 1. The third kappa shape index (κ3) is 4.03. The fourth-order valence-corrected chi connectivity index (χ4v) is 4.17. The Bertz CT molecular complexity index is 919. The Morgan fingerprint density at radius 2 is 1.73 bits per heavy atom. The predicted molar refractivity (Wildman–Crippen MR) is 111 cm³/mol. The van der Waals surface area contributed by atoms with E-state index in [2.05, 4.69) is 22.3 Å². The number of nitrogens with one attached hydrogen (secondary N) is 1. The zero-order valence-electron chi connectivity index (χ0n) is 17.0. The molecule has 2 aliphatic rings. The molecule has 0 unspecified atom stereocenters. The molecule has 30 heavy (non-hydrogen) atoms. The molecule has 8 nitrogen and oxygen atoms in total. The highest BCUT2D eigenvalue weighted by Gasteiger charge is 2.31. The number of hydrogen-bond donors (Lipinski definition) is 1. The lowest BCUT2D eigenvalue weighted by atomic mass is 10.1. The number of amides is 3. The zero-order valence-corrected chi connectivity index (χ0v) is 17.0. The van der Waals surface area contributed by atoms with E-state index in [9.17, 15) is 14.4 Å². The van der Waals surface area contributed by atoms with E-state index in [0.29, 0.717) is 26.2 Å². The van der Waals surface area contributed by atoms with E-state index in [-0.39, 0.29) is 18.5 Å². The predicted octanol–water partition coefficient (Wildman–Crippen LogP) is 1.19. The Kier molecular flexibility index (Phi) is 5.74. The molecular formula is C22H26N4O4. The number of carbonyl (C=O) groups is 3. The van der Waals surface area contributed by atoms with Gasteiger partial charge in [0.2, 0.25) is 5.91 Å². The van der Waals surface area contributed by atoms with Gasteiger partial charge in [0, 0.05) is 51.9 Å². The molecule has 4 rings (SSSR count). The molecule has 1 N–H and O–H groups in total. The minimum Gasteiger partial charge on any atom is -0.467 e. The van der Waals surface area contributed by atoms with E-state index in [1.54, 1.807) is 11.2 Å². The van der Waals surface area contributed by atoms with Crippen LogP contribution in [0, 0.1) is 0 Å². The number of benzene rings is 1. The summed E-state index contributed by atoms with van der Waals surface area (Å²) in [5.74, 6) is -0.457. The number of nitrogens with zero attached hydrogens (tertiary/aromatic N) is 3. The minimum atomic E-state index is -0.629. The molecule has 1 aromatic carbocycles. The Morgan fingerprint density at radius 1 is 1.00 bits per heavy atom. The summed E-state index contributed by atoms with van der Waals surface area (Å²) in [6, 6.07) is 11.7. The van der Waals surface area contributed by atoms with Gasteiger partial charge >= 0.3 is 11.8 Å². The Labute approximate surface area is 175 Å². The average Bonchev–Trinajstić information content (AvgIpc) is 3.44. The summed E-state index contributed by atoms with van der Waals surface area (Å²) in [6.45, 7) is 4.23. The van der Waals surface area contributed by atoms with Crippen molar-refractivity contribution in [2.75, 3.05) is 44.2 Å². The highest BCUT2D eigenvalue weighted by molar-refractivity contribution is 6.35. The van der Waals surface area contributed by atoms with E-state index in [4.69, 9.17) is 4.42 Å². The van der Waals surface area contributed by atoms with E-state index in [0.717, 1.165) is 24.4 Å². The molecule has 8 heteroatoms. The summed E-state index contributed by atoms with van der Waals surface area (Å²) in [6.07, 6.45) is 2.55. The molecule has 3 amide bonds. The van der Waals surface area contributed by atoms with Gasteiger partial charge in [0.25, 0.3) is 0 Å². The summed E-state index contributed by atoms with van der Waals surface area (Å²) >= 11 is 0. The molecule has 1 atom stereocenters. The number of carbonyl (C=O) groups excluding carboxylic acids is 3. The molecule has 2 aliphatic heterocycles. The molecule has 2 aromatic rings. The van der Waals surface area contributed by atoms with E-state index >= 15 is 0 Å². The average molecular weight is 410 g/mol. The number of anilines is 1. The van der Waals surface area contributed by atoms with Crippen LogP contribution in [0.15, 0.2) is 47.1 Å². The quantitative estimate of drug-likeness (QED) is 0.766. The van der Waals surface area contributed by atoms with Crippen molar-refractivity contribution in [3.63, 3.8) is 0 Å². The van der Waals surface area contributed by atoms with Crippen molar-refractivity contribution in [2.45, 2.75) is 19.4 Å². The largest absolute Gasteiger partial charge is 0.467 e. The molecule has 0 radical (unpaired) electrons. The van der Waals surface area contributed by atoms with Crippen LogP contribution in [0.3, 0.4) is 0 Å². The Hall–Kier alpha value is -3.29. The van der Waals surface area contributed by atoms with Gasteiger partial charge in [-0.2, -0.15) is 0 Å². The van der Waals surface area contributed by atoms with Gasteiger partial charge in [0.1, 0.15) is 11.8 Å². The van der Waals surface area contributed by atoms with Gasteiger partial charge in [0.05, 0.1) is 6.26 Å². The second-order valence-electron chi connectivity index (χ2n) is 7.61. The van der Waals surface area contributed by atoms with Gasteiger partial charge in [0.15, 0.2) is 0 Å². The molecule has 0 bridgehead atoms. The van der Waals surface area contributed by atoms with Crippen molar-refractivity contribution in [3.8, 4) is 0 Å². The molecule has 0 aliphatic carbocycles. The first kappa shape index (κ1) is 20.0. The van der Waals surface area contributed by atoms with Crippen molar-refractivity contribution in [1.82, 2.24) is 15.1 Å². The fraction of sp³-hybridized carbons (Fsp3) is 0.409. The van der Waals surface area contributed by atoms with Gasteiger partial charge in [-0.15, -0.1) is 0 Å². The Morgan fingerprint density at radius 3 is 2.43 bits per heavy atom. The number of furan rings is 1. The first-order valence-electron chi connectivity index (χ1n) is 10.2. The van der Waals surface area contributed by atoms with Crippen molar-refractivity contribution in [2.24, 2.45) is 0 Å². The van der Waals surface area contributed by atoms with Gasteiger partial charge in [-0.1, -0.05) is 18.2 Å². The summed E-state index contributed by atoms with van der Waals surface area (Å²) < 4.78 is 5.64. The van der Waals surface area contributed by atoms with Crippen LogP contribution >= 0.6 is 0 Å².